The summed E-state index contributed by atoms with van der Waals surface area (Å²) in [4.78, 5) is 27.4. The lowest BCUT2D eigenvalue weighted by atomic mass is 9.68. The van der Waals surface area contributed by atoms with Gasteiger partial charge in [-0.2, -0.15) is 5.10 Å². The Morgan fingerprint density at radius 1 is 1.06 bits per heavy atom. The molecule has 0 spiro atoms. The average molecular weight is 425 g/mol. The molecule has 0 bridgehead atoms. The number of likely N-dealkylation sites (tertiary alicyclic amines) is 1. The Morgan fingerprint density at radius 3 is 2.45 bits per heavy atom. The average Bonchev–Trinajstić information content (AvgIpc) is 3.18. The third kappa shape index (κ3) is 4.31. The number of rotatable bonds is 5. The molecule has 2 heterocycles. The number of ether oxygens (including phenoxy) is 1. The monoisotopic (exact) mass is 424 g/mol. The van der Waals surface area contributed by atoms with Crippen LogP contribution in [0, 0.1) is 0 Å². The molecular weight excluding hydrogens is 392 g/mol. The Morgan fingerprint density at radius 2 is 1.81 bits per heavy atom. The fourth-order valence-electron chi connectivity index (χ4n) is 5.21. The molecule has 2 amide bonds. The van der Waals surface area contributed by atoms with E-state index in [-0.39, 0.29) is 11.9 Å². The van der Waals surface area contributed by atoms with E-state index in [2.05, 4.69) is 22.1 Å². The number of nitrogens with two attached hydrogens (primary N) is 1. The van der Waals surface area contributed by atoms with Gasteiger partial charge < -0.3 is 15.4 Å². The minimum absolute atomic E-state index is 0.175. The number of hydrogen-bond acceptors (Lipinski definition) is 4. The molecule has 7 nitrogen and oxygen atoms in total. The van der Waals surface area contributed by atoms with Crippen molar-refractivity contribution in [1.82, 2.24) is 14.7 Å². The molecule has 31 heavy (non-hydrogen) atoms. The molecule has 2 N–H and O–H groups in total. The molecule has 1 aromatic carbocycles. The van der Waals surface area contributed by atoms with Gasteiger partial charge >= 0.3 is 0 Å². The molecule has 1 aliphatic heterocycles. The first kappa shape index (κ1) is 21.4. The van der Waals surface area contributed by atoms with Gasteiger partial charge in [0, 0.05) is 19.3 Å². The van der Waals surface area contributed by atoms with E-state index >= 15 is 0 Å². The standard InChI is InChI=1S/C24H32N4O3/c1-31-21-9-7-19(8-10-21)24(12-3-2-4-13-24)23(30)27-14-5-6-20(11-15-27)28-17-18(16-26-28)22(25)29/h7-10,16-17,20H,2-6,11-15H2,1H3,(H2,25,29)/t20-/m0/s1. The fourth-order valence-corrected chi connectivity index (χ4v) is 5.21. The molecule has 1 aromatic heterocycles. The van der Waals surface area contributed by atoms with Crippen molar-refractivity contribution in [1.29, 1.82) is 0 Å². The highest BCUT2D eigenvalue weighted by molar-refractivity contribution is 5.92. The molecule has 7 heteroatoms. The summed E-state index contributed by atoms with van der Waals surface area (Å²) < 4.78 is 7.16. The van der Waals surface area contributed by atoms with E-state index in [4.69, 9.17) is 10.5 Å². The van der Waals surface area contributed by atoms with Crippen LogP contribution < -0.4 is 10.5 Å². The number of aromatic nitrogens is 2. The number of hydrogen-bond donors (Lipinski definition) is 1. The van der Waals surface area contributed by atoms with Gasteiger partial charge in [0.2, 0.25) is 5.91 Å². The van der Waals surface area contributed by atoms with Gasteiger partial charge in [-0.15, -0.1) is 0 Å². The van der Waals surface area contributed by atoms with E-state index in [0.29, 0.717) is 12.1 Å². The van der Waals surface area contributed by atoms with Crippen LogP contribution in [-0.2, 0) is 10.2 Å². The second kappa shape index (κ2) is 9.12. The van der Waals surface area contributed by atoms with E-state index in [1.807, 2.05) is 16.8 Å². The lowest BCUT2D eigenvalue weighted by molar-refractivity contribution is -0.138. The van der Waals surface area contributed by atoms with Gasteiger partial charge in [0.1, 0.15) is 5.75 Å². The first-order valence-electron chi connectivity index (χ1n) is 11.3. The van der Waals surface area contributed by atoms with Crippen LogP contribution in [0.4, 0.5) is 0 Å². The van der Waals surface area contributed by atoms with Gasteiger partial charge in [0.05, 0.1) is 30.3 Å². The summed E-state index contributed by atoms with van der Waals surface area (Å²) in [6.07, 6.45) is 11.1. The topological polar surface area (TPSA) is 90.5 Å². The Labute approximate surface area is 183 Å². The Kier molecular flexibility index (Phi) is 6.30. The minimum Gasteiger partial charge on any atom is -0.497 e. The Balaban J connectivity index is 1.52. The zero-order chi connectivity index (χ0) is 21.8. The van der Waals surface area contributed by atoms with Crippen molar-refractivity contribution in [3.8, 4) is 5.75 Å². The van der Waals surface area contributed by atoms with Crippen LogP contribution >= 0.6 is 0 Å². The maximum atomic E-state index is 13.9. The van der Waals surface area contributed by atoms with E-state index in [9.17, 15) is 9.59 Å². The van der Waals surface area contributed by atoms with Crippen molar-refractivity contribution in [2.45, 2.75) is 62.8 Å². The third-order valence-electron chi connectivity index (χ3n) is 7.00. The summed E-state index contributed by atoms with van der Waals surface area (Å²) in [6, 6.07) is 8.24. The highest BCUT2D eigenvalue weighted by atomic mass is 16.5. The number of benzene rings is 1. The second-order valence-electron chi connectivity index (χ2n) is 8.82. The SMILES string of the molecule is COc1ccc(C2(C(=O)N3CCC[C@H](n4cc(C(N)=O)cn4)CC3)CCCCC2)cc1. The van der Waals surface area contributed by atoms with E-state index in [1.165, 1.54) is 12.6 Å². The van der Waals surface area contributed by atoms with Crippen LogP contribution in [0.5, 0.6) is 5.75 Å². The number of nitrogens with zero attached hydrogens (tertiary/aromatic N) is 3. The molecule has 2 aliphatic rings. The lowest BCUT2D eigenvalue weighted by Crippen LogP contribution is -2.48. The van der Waals surface area contributed by atoms with Crippen molar-refractivity contribution < 1.29 is 14.3 Å². The smallest absolute Gasteiger partial charge is 0.251 e. The summed E-state index contributed by atoms with van der Waals surface area (Å²) in [5, 5.41) is 4.34. The quantitative estimate of drug-likeness (QED) is 0.796. The third-order valence-corrected chi connectivity index (χ3v) is 7.00. The molecule has 0 radical (unpaired) electrons. The van der Waals surface area contributed by atoms with Crippen LogP contribution in [-0.4, -0.2) is 46.7 Å². The van der Waals surface area contributed by atoms with Crippen LogP contribution in [0.3, 0.4) is 0 Å². The molecule has 4 rings (SSSR count). The van der Waals surface area contributed by atoms with Crippen molar-refractivity contribution in [3.63, 3.8) is 0 Å². The van der Waals surface area contributed by atoms with Gasteiger partial charge in [0.15, 0.2) is 0 Å². The van der Waals surface area contributed by atoms with Gasteiger partial charge in [-0.3, -0.25) is 14.3 Å². The van der Waals surface area contributed by atoms with E-state index in [0.717, 1.165) is 62.8 Å². The first-order valence-corrected chi connectivity index (χ1v) is 11.3. The minimum atomic E-state index is -0.463. The fraction of sp³-hybridized carbons (Fsp3) is 0.542. The normalized spacial score (nSPS) is 21.3. The molecule has 1 atom stereocenters. The molecular formula is C24H32N4O3. The van der Waals surface area contributed by atoms with Gasteiger partial charge in [0.25, 0.3) is 5.91 Å². The number of carbonyl (C=O) groups is 2. The highest BCUT2D eigenvalue weighted by Gasteiger charge is 2.43. The number of carbonyl (C=O) groups excluding carboxylic acids is 2. The highest BCUT2D eigenvalue weighted by Crippen LogP contribution is 2.42. The molecule has 1 aliphatic carbocycles. The van der Waals surface area contributed by atoms with Crippen molar-refractivity contribution in [2.24, 2.45) is 5.73 Å². The zero-order valence-electron chi connectivity index (χ0n) is 18.3. The number of methoxy groups -OCH3 is 1. The molecule has 166 valence electrons. The maximum Gasteiger partial charge on any atom is 0.251 e. The van der Waals surface area contributed by atoms with Gasteiger partial charge in [-0.25, -0.2) is 0 Å². The van der Waals surface area contributed by atoms with E-state index < -0.39 is 11.3 Å². The molecule has 2 aromatic rings. The van der Waals surface area contributed by atoms with Crippen molar-refractivity contribution in [3.05, 3.63) is 47.8 Å². The summed E-state index contributed by atoms with van der Waals surface area (Å²) in [6.45, 7) is 1.46. The predicted octanol–water partition coefficient (Wildman–Crippen LogP) is 3.45. The van der Waals surface area contributed by atoms with Gasteiger partial charge in [-0.1, -0.05) is 31.4 Å². The number of amides is 2. The molecule has 1 saturated carbocycles. The summed E-state index contributed by atoms with van der Waals surface area (Å²) in [5.41, 5.74) is 6.47. The second-order valence-corrected chi connectivity index (χ2v) is 8.82. The zero-order valence-corrected chi connectivity index (χ0v) is 18.3. The predicted molar refractivity (Wildman–Crippen MR) is 118 cm³/mol. The summed E-state index contributed by atoms with van der Waals surface area (Å²) in [7, 11) is 1.66. The van der Waals surface area contributed by atoms with Crippen molar-refractivity contribution >= 4 is 11.8 Å². The van der Waals surface area contributed by atoms with Crippen LogP contribution in [0.25, 0.3) is 0 Å². The maximum absolute atomic E-state index is 13.9. The summed E-state index contributed by atoms with van der Waals surface area (Å²) in [5.74, 6) is 0.612. The lowest BCUT2D eigenvalue weighted by Gasteiger charge is -2.40. The van der Waals surface area contributed by atoms with Gasteiger partial charge in [-0.05, 0) is 49.8 Å². The van der Waals surface area contributed by atoms with Crippen LogP contribution in [0.2, 0.25) is 0 Å². The first-order chi connectivity index (χ1) is 15.0. The van der Waals surface area contributed by atoms with Crippen LogP contribution in [0.15, 0.2) is 36.7 Å². The van der Waals surface area contributed by atoms with Crippen molar-refractivity contribution in [2.75, 3.05) is 20.2 Å². The number of primary amides is 1. The Hall–Kier alpha value is -2.83. The van der Waals surface area contributed by atoms with E-state index in [1.54, 1.807) is 13.3 Å². The van der Waals surface area contributed by atoms with Crippen LogP contribution in [0.1, 0.15) is 73.3 Å². The largest absolute Gasteiger partial charge is 0.497 e. The Bertz CT molecular complexity index is 915. The summed E-state index contributed by atoms with van der Waals surface area (Å²) >= 11 is 0. The molecule has 2 fully saturated rings. The molecule has 0 unspecified atom stereocenters. The molecule has 1 saturated heterocycles.